The van der Waals surface area contributed by atoms with Crippen molar-refractivity contribution in [2.45, 2.75) is 117 Å². The van der Waals surface area contributed by atoms with E-state index in [2.05, 4.69) is 46.4 Å². The molecule has 182 valence electrons. The number of aliphatic hydroxyl groups excluding tert-OH is 2. The van der Waals surface area contributed by atoms with Crippen LogP contribution in [0.15, 0.2) is 35.5 Å². The van der Waals surface area contributed by atoms with E-state index in [0.717, 1.165) is 18.4 Å². The fraction of sp³-hybridized carbons (Fsp3) is 0.793. The quantitative estimate of drug-likeness (QED) is 0.419. The summed E-state index contributed by atoms with van der Waals surface area (Å²) in [5, 5.41) is 30.6. The SMILES string of the molecule is C=C1[C@H](O)CC(=C/C=C2\CCC[C@@]3(C)C2CCC3[C@@H](C)C(C)(C)CCC(C)(C)O)C[C@H]1O. The molecule has 3 aliphatic carbocycles. The molecule has 32 heavy (non-hydrogen) atoms. The third kappa shape index (κ3) is 5.42. The van der Waals surface area contributed by atoms with Crippen molar-refractivity contribution in [3.63, 3.8) is 0 Å². The van der Waals surface area contributed by atoms with Crippen LogP contribution in [0, 0.1) is 28.6 Å². The van der Waals surface area contributed by atoms with E-state index in [1.165, 1.54) is 32.1 Å². The molecule has 0 saturated heterocycles. The fourth-order valence-electron chi connectivity index (χ4n) is 6.93. The Morgan fingerprint density at radius 1 is 1.06 bits per heavy atom. The minimum atomic E-state index is -0.622. The van der Waals surface area contributed by atoms with Crippen molar-refractivity contribution in [3.8, 4) is 0 Å². The van der Waals surface area contributed by atoms with E-state index in [9.17, 15) is 15.3 Å². The van der Waals surface area contributed by atoms with Crippen molar-refractivity contribution in [3.05, 3.63) is 35.5 Å². The van der Waals surface area contributed by atoms with Gasteiger partial charge in [-0.05, 0) is 106 Å². The first-order valence-electron chi connectivity index (χ1n) is 12.9. The van der Waals surface area contributed by atoms with Crippen molar-refractivity contribution in [1.29, 1.82) is 0 Å². The molecular weight excluding hydrogens is 396 g/mol. The maximum atomic E-state index is 10.3. The van der Waals surface area contributed by atoms with E-state index in [-0.39, 0.29) is 5.41 Å². The standard InChI is InChI=1S/C29H48O3/c1-19-25(30)17-21(18-26(19)31)10-11-22-9-8-14-29(7)23(12-13-24(22)29)20(2)27(3,4)15-16-28(5,6)32/h10-11,20,23-26,30-32H,1,8-9,12-18H2,2-7H3/b22-11+/t20-,23?,24?,25-,26-,29-/m1/s1. The van der Waals surface area contributed by atoms with Gasteiger partial charge in [-0.25, -0.2) is 0 Å². The zero-order valence-corrected chi connectivity index (χ0v) is 21.5. The zero-order chi connectivity index (χ0) is 23.9. The summed E-state index contributed by atoms with van der Waals surface area (Å²) in [7, 11) is 0. The number of aliphatic hydroxyl groups is 3. The molecule has 0 aromatic rings. The number of fused-ring (bicyclic) bond motifs is 1. The Labute approximate surface area is 196 Å². The van der Waals surface area contributed by atoms with E-state index in [0.29, 0.717) is 41.6 Å². The molecule has 0 radical (unpaired) electrons. The highest BCUT2D eigenvalue weighted by molar-refractivity contribution is 5.29. The summed E-state index contributed by atoms with van der Waals surface area (Å²) in [6.07, 6.45) is 12.6. The van der Waals surface area contributed by atoms with Crippen LogP contribution in [-0.4, -0.2) is 33.1 Å². The van der Waals surface area contributed by atoms with Gasteiger partial charge in [-0.2, -0.15) is 0 Å². The van der Waals surface area contributed by atoms with Gasteiger partial charge in [0.15, 0.2) is 0 Å². The third-order valence-electron chi connectivity index (χ3n) is 9.56. The molecule has 0 heterocycles. The molecule has 0 aliphatic heterocycles. The molecule has 0 bridgehead atoms. The van der Waals surface area contributed by atoms with Crippen molar-refractivity contribution in [2.24, 2.45) is 28.6 Å². The number of hydrogen-bond acceptors (Lipinski definition) is 3. The molecule has 0 spiro atoms. The number of hydrogen-bond donors (Lipinski definition) is 3. The highest BCUT2D eigenvalue weighted by Gasteiger charge is 2.52. The lowest BCUT2D eigenvalue weighted by Gasteiger charge is -2.48. The molecule has 0 aromatic carbocycles. The zero-order valence-electron chi connectivity index (χ0n) is 21.5. The first-order chi connectivity index (χ1) is 14.7. The van der Waals surface area contributed by atoms with Gasteiger partial charge in [-0.1, -0.05) is 57.6 Å². The minimum Gasteiger partial charge on any atom is -0.390 e. The van der Waals surface area contributed by atoms with Crippen LogP contribution in [0.3, 0.4) is 0 Å². The van der Waals surface area contributed by atoms with Crippen molar-refractivity contribution < 1.29 is 15.3 Å². The second-order valence-corrected chi connectivity index (χ2v) is 12.8. The Morgan fingerprint density at radius 2 is 1.69 bits per heavy atom. The van der Waals surface area contributed by atoms with E-state index >= 15 is 0 Å². The summed E-state index contributed by atoms with van der Waals surface area (Å²) >= 11 is 0. The van der Waals surface area contributed by atoms with Gasteiger partial charge >= 0.3 is 0 Å². The van der Waals surface area contributed by atoms with Crippen molar-refractivity contribution in [2.75, 3.05) is 0 Å². The van der Waals surface area contributed by atoms with Gasteiger partial charge in [-0.3, -0.25) is 0 Å². The Balaban J connectivity index is 1.75. The predicted molar refractivity (Wildman–Crippen MR) is 133 cm³/mol. The highest BCUT2D eigenvalue weighted by Crippen LogP contribution is 2.61. The maximum absolute atomic E-state index is 10.3. The van der Waals surface area contributed by atoms with Crippen LogP contribution in [0.4, 0.5) is 0 Å². The van der Waals surface area contributed by atoms with Gasteiger partial charge in [0.05, 0.1) is 17.8 Å². The third-order valence-corrected chi connectivity index (χ3v) is 9.56. The Morgan fingerprint density at radius 3 is 2.28 bits per heavy atom. The Hall–Kier alpha value is -0.900. The smallest absolute Gasteiger partial charge is 0.0809 e. The summed E-state index contributed by atoms with van der Waals surface area (Å²) in [6, 6.07) is 0. The molecule has 2 unspecified atom stereocenters. The van der Waals surface area contributed by atoms with Gasteiger partial charge in [0.25, 0.3) is 0 Å². The van der Waals surface area contributed by atoms with Crippen molar-refractivity contribution in [1.82, 2.24) is 0 Å². The summed E-state index contributed by atoms with van der Waals surface area (Å²) < 4.78 is 0. The molecule has 3 N–H and O–H groups in total. The predicted octanol–water partition coefficient (Wildman–Crippen LogP) is 6.34. The molecule has 0 amide bonds. The Bertz CT molecular complexity index is 737. The van der Waals surface area contributed by atoms with Crippen LogP contribution in [0.5, 0.6) is 0 Å². The molecule has 3 saturated carbocycles. The second kappa shape index (κ2) is 9.39. The van der Waals surface area contributed by atoms with E-state index in [1.807, 2.05) is 13.8 Å². The number of allylic oxidation sites excluding steroid dienone is 3. The summed E-state index contributed by atoms with van der Waals surface area (Å²) in [6.45, 7) is 17.5. The lowest BCUT2D eigenvalue weighted by atomic mass is 9.57. The average molecular weight is 445 g/mol. The first kappa shape index (κ1) is 25.7. The molecule has 3 fully saturated rings. The van der Waals surface area contributed by atoms with E-state index in [4.69, 9.17) is 0 Å². The summed E-state index contributed by atoms with van der Waals surface area (Å²) in [5.41, 5.74) is 3.22. The largest absolute Gasteiger partial charge is 0.390 e. The van der Waals surface area contributed by atoms with Crippen LogP contribution in [0.25, 0.3) is 0 Å². The normalized spacial score (nSPS) is 36.3. The minimum absolute atomic E-state index is 0.211. The summed E-state index contributed by atoms with van der Waals surface area (Å²) in [5.74, 6) is 1.97. The van der Waals surface area contributed by atoms with Crippen LogP contribution < -0.4 is 0 Å². The molecule has 3 rings (SSSR count). The first-order valence-corrected chi connectivity index (χ1v) is 12.9. The van der Waals surface area contributed by atoms with E-state index in [1.54, 1.807) is 5.57 Å². The molecule has 3 nitrogen and oxygen atoms in total. The topological polar surface area (TPSA) is 60.7 Å². The van der Waals surface area contributed by atoms with Crippen molar-refractivity contribution >= 4 is 0 Å². The average Bonchev–Trinajstić information content (AvgIpc) is 3.05. The maximum Gasteiger partial charge on any atom is 0.0809 e. The second-order valence-electron chi connectivity index (χ2n) is 12.8. The monoisotopic (exact) mass is 444 g/mol. The molecular formula is C29H48O3. The summed E-state index contributed by atoms with van der Waals surface area (Å²) in [4.78, 5) is 0. The van der Waals surface area contributed by atoms with Crippen LogP contribution in [-0.2, 0) is 0 Å². The lowest BCUT2D eigenvalue weighted by molar-refractivity contribution is 0.0127. The fourth-order valence-corrected chi connectivity index (χ4v) is 6.93. The van der Waals surface area contributed by atoms with E-state index < -0.39 is 17.8 Å². The van der Waals surface area contributed by atoms with Gasteiger partial charge in [0, 0.05) is 0 Å². The molecule has 3 aliphatic rings. The Kier molecular flexibility index (Phi) is 7.55. The van der Waals surface area contributed by atoms with Crippen LogP contribution >= 0.6 is 0 Å². The van der Waals surface area contributed by atoms with Gasteiger partial charge in [0.1, 0.15) is 0 Å². The molecule has 3 heteroatoms. The van der Waals surface area contributed by atoms with Gasteiger partial charge in [0.2, 0.25) is 0 Å². The highest BCUT2D eigenvalue weighted by atomic mass is 16.3. The number of rotatable bonds is 6. The van der Waals surface area contributed by atoms with Crippen LogP contribution in [0.2, 0.25) is 0 Å². The van der Waals surface area contributed by atoms with Crippen LogP contribution in [0.1, 0.15) is 99.3 Å². The molecule has 6 atom stereocenters. The van der Waals surface area contributed by atoms with Gasteiger partial charge < -0.3 is 15.3 Å². The van der Waals surface area contributed by atoms with Gasteiger partial charge in [-0.15, -0.1) is 0 Å². The lowest BCUT2D eigenvalue weighted by Crippen LogP contribution is -2.40. The molecule has 0 aromatic heterocycles.